The minimum absolute atomic E-state index is 0.0135. The molecular weight excluding hydrogens is 307 g/mol. The SMILES string of the molecule is Cc1nc(CN(C)S(=O)(=O)c2ccc(F)cc2Cl)n[nH]1. The Bertz CT molecular complexity index is 732. The maximum absolute atomic E-state index is 13.0. The van der Waals surface area contributed by atoms with Crippen LogP contribution in [0.15, 0.2) is 23.1 Å². The van der Waals surface area contributed by atoms with Gasteiger partial charge < -0.3 is 0 Å². The third-order valence-corrected chi connectivity index (χ3v) is 4.88. The van der Waals surface area contributed by atoms with Gasteiger partial charge in [0.1, 0.15) is 16.5 Å². The summed E-state index contributed by atoms with van der Waals surface area (Å²) in [5.41, 5.74) is 0. The van der Waals surface area contributed by atoms with Gasteiger partial charge in [0.15, 0.2) is 5.82 Å². The number of benzene rings is 1. The number of halogens is 2. The Morgan fingerprint density at radius 2 is 2.15 bits per heavy atom. The Balaban J connectivity index is 2.29. The summed E-state index contributed by atoms with van der Waals surface area (Å²) >= 11 is 5.78. The summed E-state index contributed by atoms with van der Waals surface area (Å²) in [4.78, 5) is 3.87. The number of sulfonamides is 1. The summed E-state index contributed by atoms with van der Waals surface area (Å²) in [6.45, 7) is 1.70. The van der Waals surface area contributed by atoms with Crippen molar-refractivity contribution >= 4 is 21.6 Å². The molecule has 2 aromatic rings. The van der Waals surface area contributed by atoms with Crippen LogP contribution in [0.5, 0.6) is 0 Å². The number of nitrogens with zero attached hydrogens (tertiary/aromatic N) is 3. The average Bonchev–Trinajstić information content (AvgIpc) is 2.74. The molecule has 0 radical (unpaired) electrons. The van der Waals surface area contributed by atoms with Crippen LogP contribution in [0, 0.1) is 12.7 Å². The smallest absolute Gasteiger partial charge is 0.244 e. The molecule has 0 bridgehead atoms. The van der Waals surface area contributed by atoms with E-state index in [1.54, 1.807) is 6.92 Å². The van der Waals surface area contributed by atoms with Gasteiger partial charge in [0.05, 0.1) is 11.6 Å². The van der Waals surface area contributed by atoms with Gasteiger partial charge in [0, 0.05) is 7.05 Å². The van der Waals surface area contributed by atoms with E-state index in [4.69, 9.17) is 11.6 Å². The minimum atomic E-state index is -3.83. The largest absolute Gasteiger partial charge is 0.263 e. The Kier molecular flexibility index (Phi) is 4.07. The summed E-state index contributed by atoms with van der Waals surface area (Å²) in [5, 5.41) is 6.33. The molecule has 6 nitrogen and oxygen atoms in total. The molecule has 0 saturated heterocycles. The number of aryl methyl sites for hydroxylation is 1. The third kappa shape index (κ3) is 2.97. The van der Waals surface area contributed by atoms with Crippen molar-refractivity contribution in [3.05, 3.63) is 40.7 Å². The van der Waals surface area contributed by atoms with E-state index in [1.165, 1.54) is 7.05 Å². The number of rotatable bonds is 4. The molecule has 1 N–H and O–H groups in total. The molecule has 1 heterocycles. The lowest BCUT2D eigenvalue weighted by Gasteiger charge is -2.16. The monoisotopic (exact) mass is 318 g/mol. The highest BCUT2D eigenvalue weighted by molar-refractivity contribution is 7.89. The first kappa shape index (κ1) is 14.9. The Morgan fingerprint density at radius 3 is 2.70 bits per heavy atom. The van der Waals surface area contributed by atoms with Crippen molar-refractivity contribution in [1.29, 1.82) is 0 Å². The average molecular weight is 319 g/mol. The van der Waals surface area contributed by atoms with Gasteiger partial charge >= 0.3 is 0 Å². The van der Waals surface area contributed by atoms with Crippen LogP contribution in [0.1, 0.15) is 11.6 Å². The normalized spacial score (nSPS) is 12.1. The molecule has 9 heteroatoms. The first-order chi connectivity index (χ1) is 9.30. The minimum Gasteiger partial charge on any atom is -0.263 e. The van der Waals surface area contributed by atoms with Crippen LogP contribution in [-0.2, 0) is 16.6 Å². The summed E-state index contributed by atoms with van der Waals surface area (Å²) in [6.07, 6.45) is 0. The molecule has 20 heavy (non-hydrogen) atoms. The van der Waals surface area contributed by atoms with Crippen LogP contribution in [0.2, 0.25) is 5.02 Å². The quantitative estimate of drug-likeness (QED) is 0.931. The van der Waals surface area contributed by atoms with Crippen molar-refractivity contribution in [2.45, 2.75) is 18.4 Å². The zero-order chi connectivity index (χ0) is 14.9. The zero-order valence-corrected chi connectivity index (χ0v) is 12.3. The van der Waals surface area contributed by atoms with E-state index in [0.717, 1.165) is 22.5 Å². The van der Waals surface area contributed by atoms with Crippen molar-refractivity contribution in [2.75, 3.05) is 7.05 Å². The zero-order valence-electron chi connectivity index (χ0n) is 10.8. The Hall–Kier alpha value is -1.51. The molecule has 0 aliphatic rings. The van der Waals surface area contributed by atoms with Gasteiger partial charge in [-0.25, -0.2) is 17.8 Å². The maximum Gasteiger partial charge on any atom is 0.244 e. The highest BCUT2D eigenvalue weighted by atomic mass is 35.5. The first-order valence-electron chi connectivity index (χ1n) is 5.60. The van der Waals surface area contributed by atoms with Crippen molar-refractivity contribution < 1.29 is 12.8 Å². The number of aromatic nitrogens is 3. The fraction of sp³-hybridized carbons (Fsp3) is 0.273. The summed E-state index contributed by atoms with van der Waals surface area (Å²) in [6, 6.07) is 3.13. The number of hydrogen-bond acceptors (Lipinski definition) is 4. The maximum atomic E-state index is 13.0. The van der Waals surface area contributed by atoms with Gasteiger partial charge in [0.25, 0.3) is 0 Å². The van der Waals surface area contributed by atoms with Crippen molar-refractivity contribution in [3.8, 4) is 0 Å². The van der Waals surface area contributed by atoms with Crippen LogP contribution in [-0.4, -0.2) is 35.0 Å². The topological polar surface area (TPSA) is 79.0 Å². The molecule has 1 aromatic heterocycles. The molecule has 1 aromatic carbocycles. The lowest BCUT2D eigenvalue weighted by Crippen LogP contribution is -2.27. The van der Waals surface area contributed by atoms with E-state index < -0.39 is 15.8 Å². The molecule has 0 atom stereocenters. The highest BCUT2D eigenvalue weighted by Gasteiger charge is 2.25. The van der Waals surface area contributed by atoms with E-state index in [0.29, 0.717) is 11.6 Å². The molecule has 0 unspecified atom stereocenters. The summed E-state index contributed by atoms with van der Waals surface area (Å²) in [5.74, 6) is 0.332. The molecule has 0 saturated carbocycles. The lowest BCUT2D eigenvalue weighted by atomic mass is 10.3. The van der Waals surface area contributed by atoms with Crippen LogP contribution in [0.3, 0.4) is 0 Å². The van der Waals surface area contributed by atoms with Gasteiger partial charge in [-0.3, -0.25) is 5.10 Å². The standard InChI is InChI=1S/C11H12ClFN4O2S/c1-7-14-11(16-15-7)6-17(2)20(18,19)10-4-3-8(13)5-9(10)12/h3-5H,6H2,1-2H3,(H,14,15,16). The van der Waals surface area contributed by atoms with E-state index in [9.17, 15) is 12.8 Å². The fourth-order valence-electron chi connectivity index (χ4n) is 1.60. The lowest BCUT2D eigenvalue weighted by molar-refractivity contribution is 0.457. The van der Waals surface area contributed by atoms with Gasteiger partial charge in [-0.2, -0.15) is 9.40 Å². The molecule has 0 aliphatic heterocycles. The van der Waals surface area contributed by atoms with E-state index in [-0.39, 0.29) is 16.5 Å². The third-order valence-electron chi connectivity index (χ3n) is 2.59. The second-order valence-electron chi connectivity index (χ2n) is 4.17. The van der Waals surface area contributed by atoms with Crippen molar-refractivity contribution in [3.63, 3.8) is 0 Å². The Labute approximate surface area is 120 Å². The molecule has 0 amide bonds. The predicted molar refractivity (Wildman–Crippen MR) is 71.2 cm³/mol. The molecule has 0 spiro atoms. The van der Waals surface area contributed by atoms with Crippen molar-refractivity contribution in [2.24, 2.45) is 0 Å². The van der Waals surface area contributed by atoms with Crippen LogP contribution < -0.4 is 0 Å². The summed E-state index contributed by atoms with van der Waals surface area (Å²) in [7, 11) is -2.46. The number of hydrogen-bond donors (Lipinski definition) is 1. The van der Waals surface area contributed by atoms with Crippen LogP contribution in [0.25, 0.3) is 0 Å². The fourth-order valence-corrected chi connectivity index (χ4v) is 3.22. The van der Waals surface area contributed by atoms with Crippen LogP contribution >= 0.6 is 11.6 Å². The number of nitrogens with one attached hydrogen (secondary N) is 1. The van der Waals surface area contributed by atoms with Gasteiger partial charge in [-0.1, -0.05) is 11.6 Å². The molecule has 0 fully saturated rings. The second kappa shape index (κ2) is 5.47. The number of H-pyrrole nitrogens is 1. The molecule has 108 valence electrons. The second-order valence-corrected chi connectivity index (χ2v) is 6.59. The van der Waals surface area contributed by atoms with Crippen molar-refractivity contribution in [1.82, 2.24) is 19.5 Å². The molecular formula is C11H12ClFN4O2S. The predicted octanol–water partition coefficient (Wildman–Crippen LogP) is 1.73. The van der Waals surface area contributed by atoms with Gasteiger partial charge in [-0.05, 0) is 25.1 Å². The molecule has 0 aliphatic carbocycles. The van der Waals surface area contributed by atoms with Gasteiger partial charge in [0.2, 0.25) is 10.0 Å². The van der Waals surface area contributed by atoms with Crippen LogP contribution in [0.4, 0.5) is 4.39 Å². The van der Waals surface area contributed by atoms with Gasteiger partial charge in [-0.15, -0.1) is 0 Å². The molecule has 2 rings (SSSR count). The summed E-state index contributed by atoms with van der Waals surface area (Å²) < 4.78 is 38.7. The Morgan fingerprint density at radius 1 is 1.45 bits per heavy atom. The number of aromatic amines is 1. The first-order valence-corrected chi connectivity index (χ1v) is 7.42. The van der Waals surface area contributed by atoms with E-state index >= 15 is 0 Å². The van der Waals surface area contributed by atoms with E-state index in [1.807, 2.05) is 0 Å². The highest BCUT2D eigenvalue weighted by Crippen LogP contribution is 2.25. The van der Waals surface area contributed by atoms with E-state index in [2.05, 4.69) is 15.2 Å².